The summed E-state index contributed by atoms with van der Waals surface area (Å²) in [6.45, 7) is 6.17. The second kappa shape index (κ2) is 5.63. The van der Waals surface area contributed by atoms with E-state index in [1.165, 1.54) is 18.7 Å². The van der Waals surface area contributed by atoms with Crippen LogP contribution in [0.4, 0.5) is 4.39 Å². The standard InChI is InChI=1S/C17H20FNO/c1-10-7-11(2)16(12(3)8-10)17(19)13-5-6-14(18)15(9-13)20-4/h5-9,17H,19H2,1-4H3. The van der Waals surface area contributed by atoms with Gasteiger partial charge >= 0.3 is 0 Å². The lowest BCUT2D eigenvalue weighted by Crippen LogP contribution is -2.15. The molecule has 0 saturated heterocycles. The van der Waals surface area contributed by atoms with Gasteiger partial charge in [0.1, 0.15) is 0 Å². The highest BCUT2D eigenvalue weighted by Crippen LogP contribution is 2.29. The zero-order chi connectivity index (χ0) is 14.9. The molecule has 1 unspecified atom stereocenters. The van der Waals surface area contributed by atoms with E-state index < -0.39 is 0 Å². The van der Waals surface area contributed by atoms with Gasteiger partial charge in [0.2, 0.25) is 0 Å². The van der Waals surface area contributed by atoms with Crippen molar-refractivity contribution >= 4 is 0 Å². The van der Waals surface area contributed by atoms with Crippen molar-refractivity contribution in [3.05, 3.63) is 64.0 Å². The molecule has 0 aliphatic carbocycles. The van der Waals surface area contributed by atoms with E-state index in [-0.39, 0.29) is 17.6 Å². The number of halogens is 1. The van der Waals surface area contributed by atoms with Gasteiger partial charge < -0.3 is 10.5 Å². The molecule has 0 radical (unpaired) electrons. The first-order valence-corrected chi connectivity index (χ1v) is 6.60. The average molecular weight is 273 g/mol. The molecule has 2 aromatic carbocycles. The third kappa shape index (κ3) is 2.68. The Morgan fingerprint density at radius 1 is 1.05 bits per heavy atom. The summed E-state index contributed by atoms with van der Waals surface area (Å²) in [5, 5.41) is 0. The second-order valence-electron chi connectivity index (χ2n) is 5.18. The summed E-state index contributed by atoms with van der Waals surface area (Å²) in [5.74, 6) is -0.152. The molecule has 0 aromatic heterocycles. The van der Waals surface area contributed by atoms with Crippen LogP contribution in [0.2, 0.25) is 0 Å². The molecule has 2 N–H and O–H groups in total. The Hall–Kier alpha value is -1.87. The summed E-state index contributed by atoms with van der Waals surface area (Å²) in [7, 11) is 1.45. The summed E-state index contributed by atoms with van der Waals surface area (Å²) in [6, 6.07) is 8.71. The highest BCUT2D eigenvalue weighted by atomic mass is 19.1. The fourth-order valence-electron chi connectivity index (χ4n) is 2.72. The molecule has 2 nitrogen and oxygen atoms in total. The average Bonchev–Trinajstić information content (AvgIpc) is 2.37. The molecule has 3 heteroatoms. The van der Waals surface area contributed by atoms with E-state index >= 15 is 0 Å². The van der Waals surface area contributed by atoms with Crippen LogP contribution in [0.3, 0.4) is 0 Å². The van der Waals surface area contributed by atoms with E-state index in [4.69, 9.17) is 10.5 Å². The quantitative estimate of drug-likeness (QED) is 0.923. The molecule has 0 aliphatic rings. The number of aryl methyl sites for hydroxylation is 3. The summed E-state index contributed by atoms with van der Waals surface area (Å²) in [6.07, 6.45) is 0. The van der Waals surface area contributed by atoms with E-state index in [1.807, 2.05) is 0 Å². The maximum Gasteiger partial charge on any atom is 0.165 e. The first kappa shape index (κ1) is 14.5. The van der Waals surface area contributed by atoms with Gasteiger partial charge in [-0.25, -0.2) is 4.39 Å². The summed E-state index contributed by atoms with van der Waals surface area (Å²) in [5.41, 5.74) is 11.8. The van der Waals surface area contributed by atoms with Gasteiger partial charge in [-0.2, -0.15) is 0 Å². The maximum absolute atomic E-state index is 13.5. The third-order valence-electron chi connectivity index (χ3n) is 3.58. The molecule has 0 amide bonds. The molecule has 2 rings (SSSR count). The highest BCUT2D eigenvalue weighted by Gasteiger charge is 2.16. The van der Waals surface area contributed by atoms with Crippen molar-refractivity contribution in [3.63, 3.8) is 0 Å². The Kier molecular flexibility index (Phi) is 4.09. The zero-order valence-electron chi connectivity index (χ0n) is 12.3. The smallest absolute Gasteiger partial charge is 0.165 e. The van der Waals surface area contributed by atoms with Gasteiger partial charge in [0.15, 0.2) is 11.6 Å². The van der Waals surface area contributed by atoms with Crippen LogP contribution in [-0.2, 0) is 0 Å². The number of nitrogens with two attached hydrogens (primary N) is 1. The number of methoxy groups -OCH3 is 1. The lowest BCUT2D eigenvalue weighted by Gasteiger charge is -2.19. The first-order valence-electron chi connectivity index (χ1n) is 6.60. The fraction of sp³-hybridized carbons (Fsp3) is 0.294. The van der Waals surface area contributed by atoms with E-state index in [0.29, 0.717) is 0 Å². The van der Waals surface area contributed by atoms with Crippen LogP contribution >= 0.6 is 0 Å². The van der Waals surface area contributed by atoms with Crippen LogP contribution in [-0.4, -0.2) is 7.11 Å². The van der Waals surface area contributed by atoms with Gasteiger partial charge in [-0.1, -0.05) is 23.8 Å². The second-order valence-corrected chi connectivity index (χ2v) is 5.18. The minimum absolute atomic E-state index is 0.223. The molecule has 0 spiro atoms. The van der Waals surface area contributed by atoms with Crippen molar-refractivity contribution in [2.24, 2.45) is 5.73 Å². The Bertz CT molecular complexity index is 614. The third-order valence-corrected chi connectivity index (χ3v) is 3.58. The summed E-state index contributed by atoms with van der Waals surface area (Å²) in [4.78, 5) is 0. The summed E-state index contributed by atoms with van der Waals surface area (Å²) < 4.78 is 18.5. The van der Waals surface area contributed by atoms with Gasteiger partial charge in [0.05, 0.1) is 13.2 Å². The predicted octanol–water partition coefficient (Wildman–Crippen LogP) is 3.81. The van der Waals surface area contributed by atoms with Crippen molar-refractivity contribution in [1.29, 1.82) is 0 Å². The van der Waals surface area contributed by atoms with Gasteiger partial charge in [-0.05, 0) is 55.2 Å². The van der Waals surface area contributed by atoms with Crippen LogP contribution in [0.15, 0.2) is 30.3 Å². The number of ether oxygens (including phenoxy) is 1. The molecule has 0 bridgehead atoms. The molecular formula is C17H20FNO. The molecule has 0 aliphatic heterocycles. The van der Waals surface area contributed by atoms with Crippen LogP contribution in [0.5, 0.6) is 5.75 Å². The van der Waals surface area contributed by atoms with E-state index in [1.54, 1.807) is 12.1 Å². The Morgan fingerprint density at radius 3 is 2.20 bits per heavy atom. The van der Waals surface area contributed by atoms with Crippen LogP contribution in [0.1, 0.15) is 33.9 Å². The van der Waals surface area contributed by atoms with Crippen molar-refractivity contribution in [1.82, 2.24) is 0 Å². The number of hydrogen-bond donors (Lipinski definition) is 1. The molecular weight excluding hydrogens is 253 g/mol. The Morgan fingerprint density at radius 2 is 1.65 bits per heavy atom. The number of benzene rings is 2. The van der Waals surface area contributed by atoms with Crippen LogP contribution in [0, 0.1) is 26.6 Å². The monoisotopic (exact) mass is 273 g/mol. The summed E-state index contributed by atoms with van der Waals surface area (Å²) >= 11 is 0. The van der Waals surface area contributed by atoms with Gasteiger partial charge in [-0.15, -0.1) is 0 Å². The molecule has 106 valence electrons. The zero-order valence-corrected chi connectivity index (χ0v) is 12.3. The maximum atomic E-state index is 13.5. The number of hydrogen-bond acceptors (Lipinski definition) is 2. The first-order chi connectivity index (χ1) is 9.43. The molecule has 2 aromatic rings. The Labute approximate surface area is 119 Å². The molecule has 0 saturated carbocycles. The molecule has 1 atom stereocenters. The van der Waals surface area contributed by atoms with E-state index in [0.717, 1.165) is 22.3 Å². The van der Waals surface area contributed by atoms with E-state index in [9.17, 15) is 4.39 Å². The lowest BCUT2D eigenvalue weighted by atomic mass is 9.90. The van der Waals surface area contributed by atoms with Crippen LogP contribution < -0.4 is 10.5 Å². The van der Waals surface area contributed by atoms with Gasteiger partial charge in [-0.3, -0.25) is 0 Å². The van der Waals surface area contributed by atoms with Gasteiger partial charge in [0.25, 0.3) is 0 Å². The van der Waals surface area contributed by atoms with Crippen molar-refractivity contribution in [3.8, 4) is 5.75 Å². The van der Waals surface area contributed by atoms with Crippen molar-refractivity contribution in [2.75, 3.05) is 7.11 Å². The normalized spacial score (nSPS) is 12.3. The van der Waals surface area contributed by atoms with Gasteiger partial charge in [0, 0.05) is 0 Å². The van der Waals surface area contributed by atoms with Crippen molar-refractivity contribution in [2.45, 2.75) is 26.8 Å². The minimum Gasteiger partial charge on any atom is -0.494 e. The predicted molar refractivity (Wildman–Crippen MR) is 79.6 cm³/mol. The molecule has 0 heterocycles. The fourth-order valence-corrected chi connectivity index (χ4v) is 2.72. The number of rotatable bonds is 3. The molecule has 20 heavy (non-hydrogen) atoms. The lowest BCUT2D eigenvalue weighted by molar-refractivity contribution is 0.385. The Balaban J connectivity index is 2.49. The van der Waals surface area contributed by atoms with E-state index in [2.05, 4.69) is 32.9 Å². The van der Waals surface area contributed by atoms with Crippen molar-refractivity contribution < 1.29 is 9.13 Å². The largest absolute Gasteiger partial charge is 0.494 e. The molecule has 0 fully saturated rings. The highest BCUT2D eigenvalue weighted by molar-refractivity contribution is 5.45. The topological polar surface area (TPSA) is 35.2 Å². The van der Waals surface area contributed by atoms with Crippen LogP contribution in [0.25, 0.3) is 0 Å². The SMILES string of the molecule is COc1cc(C(N)c2c(C)cc(C)cc2C)ccc1F. The minimum atomic E-state index is -0.374.